The summed E-state index contributed by atoms with van der Waals surface area (Å²) in [5.41, 5.74) is 0.428. The number of benzene rings is 2. The number of hydrogen-bond donors (Lipinski definition) is 1. The zero-order valence-corrected chi connectivity index (χ0v) is 17.5. The molecule has 1 atom stereocenters. The predicted octanol–water partition coefficient (Wildman–Crippen LogP) is -0.420. The van der Waals surface area contributed by atoms with Crippen LogP contribution in [0.3, 0.4) is 0 Å². The Morgan fingerprint density at radius 2 is 1.54 bits per heavy atom. The van der Waals surface area contributed by atoms with Crippen molar-refractivity contribution in [3.63, 3.8) is 0 Å². The van der Waals surface area contributed by atoms with Crippen LogP contribution in [0.4, 0.5) is 5.69 Å². The SMILES string of the molecule is CCC(C)Nc1cccc2c1C(=O)c1cccc(S(=O)(=O)[O-])c1C2=O.[Na+]. The van der Waals surface area contributed by atoms with E-state index in [0.29, 0.717) is 5.69 Å². The third-order valence-electron chi connectivity index (χ3n) is 4.32. The average molecular weight is 381 g/mol. The van der Waals surface area contributed by atoms with Crippen molar-refractivity contribution in [1.82, 2.24) is 0 Å². The zero-order valence-electron chi connectivity index (χ0n) is 14.7. The van der Waals surface area contributed by atoms with Gasteiger partial charge in [-0.05, 0) is 25.5 Å². The maximum Gasteiger partial charge on any atom is 1.00 e. The fourth-order valence-corrected chi connectivity index (χ4v) is 3.60. The van der Waals surface area contributed by atoms with E-state index < -0.39 is 26.6 Å². The molecule has 6 nitrogen and oxygen atoms in total. The fraction of sp³-hybridized carbons (Fsp3) is 0.222. The average Bonchev–Trinajstić information content (AvgIpc) is 2.58. The monoisotopic (exact) mass is 381 g/mol. The van der Waals surface area contributed by atoms with E-state index >= 15 is 0 Å². The summed E-state index contributed by atoms with van der Waals surface area (Å²) in [6.45, 7) is 3.94. The van der Waals surface area contributed by atoms with E-state index in [2.05, 4.69) is 5.32 Å². The summed E-state index contributed by atoms with van der Waals surface area (Å²) < 4.78 is 34.5. The summed E-state index contributed by atoms with van der Waals surface area (Å²) in [6, 6.07) is 8.60. The van der Waals surface area contributed by atoms with Gasteiger partial charge in [-0.2, -0.15) is 0 Å². The van der Waals surface area contributed by atoms with Crippen LogP contribution in [0.25, 0.3) is 0 Å². The Morgan fingerprint density at radius 1 is 1.00 bits per heavy atom. The first kappa shape index (κ1) is 20.8. The molecule has 0 radical (unpaired) electrons. The summed E-state index contributed by atoms with van der Waals surface area (Å²) in [6.07, 6.45) is 0.820. The maximum absolute atomic E-state index is 12.9. The van der Waals surface area contributed by atoms with E-state index in [9.17, 15) is 22.6 Å². The van der Waals surface area contributed by atoms with Crippen molar-refractivity contribution < 1.29 is 52.1 Å². The van der Waals surface area contributed by atoms with Crippen molar-refractivity contribution in [3.8, 4) is 0 Å². The smallest absolute Gasteiger partial charge is 0.744 e. The molecule has 3 rings (SSSR count). The van der Waals surface area contributed by atoms with Crippen molar-refractivity contribution >= 4 is 27.4 Å². The number of ketones is 2. The minimum Gasteiger partial charge on any atom is -0.744 e. The van der Waals surface area contributed by atoms with Gasteiger partial charge in [-0.3, -0.25) is 9.59 Å². The van der Waals surface area contributed by atoms with E-state index in [1.807, 2.05) is 13.8 Å². The number of carbonyl (C=O) groups excluding carboxylic acids is 2. The molecule has 2 aromatic rings. The minimum atomic E-state index is -4.87. The van der Waals surface area contributed by atoms with Crippen molar-refractivity contribution in [1.29, 1.82) is 0 Å². The van der Waals surface area contributed by atoms with Crippen molar-refractivity contribution in [2.75, 3.05) is 5.32 Å². The predicted molar refractivity (Wildman–Crippen MR) is 91.1 cm³/mol. The minimum absolute atomic E-state index is 0. The maximum atomic E-state index is 12.9. The van der Waals surface area contributed by atoms with Crippen LogP contribution in [-0.2, 0) is 10.1 Å². The van der Waals surface area contributed by atoms with Gasteiger partial charge in [-0.1, -0.05) is 31.2 Å². The van der Waals surface area contributed by atoms with Gasteiger partial charge >= 0.3 is 29.6 Å². The molecule has 130 valence electrons. The van der Waals surface area contributed by atoms with Gasteiger partial charge in [-0.15, -0.1) is 0 Å². The molecule has 1 N–H and O–H groups in total. The number of fused-ring (bicyclic) bond motifs is 2. The summed E-state index contributed by atoms with van der Waals surface area (Å²) >= 11 is 0. The summed E-state index contributed by atoms with van der Waals surface area (Å²) in [5, 5.41) is 3.19. The number of rotatable bonds is 4. The molecule has 0 bridgehead atoms. The molecule has 0 saturated heterocycles. The Bertz CT molecular complexity index is 1000. The second-order valence-corrected chi connectivity index (χ2v) is 7.32. The Balaban J connectivity index is 0.00000243. The molecule has 1 aliphatic rings. The topological polar surface area (TPSA) is 103 Å². The van der Waals surface area contributed by atoms with Crippen LogP contribution in [-0.4, -0.2) is 30.6 Å². The van der Waals surface area contributed by atoms with Gasteiger partial charge < -0.3 is 9.87 Å². The van der Waals surface area contributed by atoms with Crippen LogP contribution in [0.2, 0.25) is 0 Å². The molecule has 0 heterocycles. The first-order valence-electron chi connectivity index (χ1n) is 7.83. The van der Waals surface area contributed by atoms with Crippen LogP contribution < -0.4 is 34.9 Å². The molecule has 2 aromatic carbocycles. The Morgan fingerprint density at radius 3 is 2.12 bits per heavy atom. The van der Waals surface area contributed by atoms with Crippen molar-refractivity contribution in [2.24, 2.45) is 0 Å². The van der Waals surface area contributed by atoms with Gasteiger partial charge in [-0.25, -0.2) is 8.42 Å². The number of carbonyl (C=O) groups is 2. The standard InChI is InChI=1S/C18H17NO5S.Na/c1-3-10(2)19-13-8-4-6-11-15(13)17(20)12-7-5-9-14(25(22,23)24)16(12)18(11)21;/h4-10,19H,3H2,1-2H3,(H,22,23,24);/q;+1/p-1. The normalized spacial score (nSPS) is 14.1. The molecular weight excluding hydrogens is 365 g/mol. The Kier molecular flexibility index (Phi) is 6.09. The van der Waals surface area contributed by atoms with Gasteiger partial charge in [0, 0.05) is 22.9 Å². The quantitative estimate of drug-likeness (QED) is 0.486. The third-order valence-corrected chi connectivity index (χ3v) is 5.20. The summed E-state index contributed by atoms with van der Waals surface area (Å²) in [5.74, 6) is -1.10. The largest absolute Gasteiger partial charge is 1.00 e. The van der Waals surface area contributed by atoms with Crippen LogP contribution >= 0.6 is 0 Å². The Labute approximate surface area is 174 Å². The molecule has 0 fully saturated rings. The number of hydrogen-bond acceptors (Lipinski definition) is 6. The van der Waals surface area contributed by atoms with Gasteiger partial charge in [0.15, 0.2) is 11.6 Å². The van der Waals surface area contributed by atoms with E-state index in [-0.39, 0.29) is 57.9 Å². The summed E-state index contributed by atoms with van der Waals surface area (Å²) in [7, 11) is -4.87. The van der Waals surface area contributed by atoms with Gasteiger partial charge in [0.2, 0.25) is 0 Å². The molecule has 0 aromatic heterocycles. The molecule has 0 amide bonds. The fourth-order valence-electron chi connectivity index (χ4n) is 2.91. The van der Waals surface area contributed by atoms with Crippen molar-refractivity contribution in [3.05, 3.63) is 58.7 Å². The van der Waals surface area contributed by atoms with Gasteiger partial charge in [0.25, 0.3) is 0 Å². The molecule has 8 heteroatoms. The number of anilines is 1. The van der Waals surface area contributed by atoms with E-state index in [0.717, 1.165) is 12.5 Å². The molecule has 0 spiro atoms. The van der Waals surface area contributed by atoms with Gasteiger partial charge in [0.1, 0.15) is 10.1 Å². The molecule has 0 aliphatic heterocycles. The molecule has 1 unspecified atom stereocenters. The molecule has 0 saturated carbocycles. The second kappa shape index (κ2) is 7.62. The van der Waals surface area contributed by atoms with Crippen LogP contribution in [0, 0.1) is 0 Å². The first-order valence-corrected chi connectivity index (χ1v) is 9.24. The van der Waals surface area contributed by atoms with Crippen LogP contribution in [0.5, 0.6) is 0 Å². The first-order chi connectivity index (χ1) is 11.8. The Hall–Kier alpha value is -1.51. The zero-order chi connectivity index (χ0) is 18.4. The number of nitrogens with one attached hydrogen (secondary N) is 1. The van der Waals surface area contributed by atoms with E-state index in [1.54, 1.807) is 12.1 Å². The van der Waals surface area contributed by atoms with Crippen LogP contribution in [0.15, 0.2) is 41.3 Å². The van der Waals surface area contributed by atoms with Crippen molar-refractivity contribution in [2.45, 2.75) is 31.2 Å². The molecule has 26 heavy (non-hydrogen) atoms. The molecule has 1 aliphatic carbocycles. The van der Waals surface area contributed by atoms with Crippen LogP contribution in [0.1, 0.15) is 52.1 Å². The third kappa shape index (κ3) is 3.50. The molecular formula is C18H16NNaO5S. The summed E-state index contributed by atoms with van der Waals surface area (Å²) in [4.78, 5) is 25.1. The van der Waals surface area contributed by atoms with Gasteiger partial charge in [0.05, 0.1) is 16.0 Å². The van der Waals surface area contributed by atoms with E-state index in [1.165, 1.54) is 18.2 Å². The second-order valence-electron chi connectivity index (χ2n) is 5.97. The van der Waals surface area contributed by atoms with E-state index in [4.69, 9.17) is 0 Å².